The van der Waals surface area contributed by atoms with E-state index < -0.39 is 18.1 Å². The van der Waals surface area contributed by atoms with Gasteiger partial charge in [-0.3, -0.25) is 4.79 Å². The Morgan fingerprint density at radius 2 is 1.90 bits per heavy atom. The average molecular weight is 399 g/mol. The molecular formula is C21H19F2N3O3. The highest BCUT2D eigenvalue weighted by molar-refractivity contribution is 5.74. The molecule has 150 valence electrons. The van der Waals surface area contributed by atoms with Gasteiger partial charge in [0.1, 0.15) is 23.8 Å². The summed E-state index contributed by atoms with van der Waals surface area (Å²) in [4.78, 5) is 13.9. The average Bonchev–Trinajstić information content (AvgIpc) is 2.72. The SMILES string of the molecule is O=c1cc(-c2cc(O)c(-c3ccc(O[C@H]4CCCC[C@H]4F)nn3)cc2F)cc[nH]1. The van der Waals surface area contributed by atoms with E-state index in [-0.39, 0.29) is 34.0 Å². The number of phenolic OH excluding ortho intramolecular Hbond substituents is 1. The molecule has 29 heavy (non-hydrogen) atoms. The van der Waals surface area contributed by atoms with Crippen LogP contribution in [0, 0.1) is 5.82 Å². The molecule has 0 unspecified atom stereocenters. The van der Waals surface area contributed by atoms with E-state index in [4.69, 9.17) is 4.74 Å². The van der Waals surface area contributed by atoms with Crippen LogP contribution in [0.2, 0.25) is 0 Å². The first-order chi connectivity index (χ1) is 14.0. The van der Waals surface area contributed by atoms with Gasteiger partial charge in [0, 0.05) is 29.5 Å². The van der Waals surface area contributed by atoms with Crippen molar-refractivity contribution in [3.05, 3.63) is 58.8 Å². The predicted molar refractivity (Wildman–Crippen MR) is 103 cm³/mol. The van der Waals surface area contributed by atoms with Crippen molar-refractivity contribution in [2.24, 2.45) is 0 Å². The third-order valence-corrected chi connectivity index (χ3v) is 4.98. The van der Waals surface area contributed by atoms with Gasteiger partial charge in [0.05, 0.1) is 5.69 Å². The fraction of sp³-hybridized carbons (Fsp3) is 0.286. The zero-order valence-corrected chi connectivity index (χ0v) is 15.4. The maximum absolute atomic E-state index is 14.6. The Bertz CT molecular complexity index is 1070. The second-order valence-corrected chi connectivity index (χ2v) is 7.00. The molecule has 6 nitrogen and oxygen atoms in total. The topological polar surface area (TPSA) is 88.1 Å². The number of aromatic amines is 1. The molecule has 0 radical (unpaired) electrons. The van der Waals surface area contributed by atoms with Crippen LogP contribution in [-0.4, -0.2) is 32.6 Å². The number of nitrogens with zero attached hydrogens (tertiary/aromatic N) is 2. The zero-order chi connectivity index (χ0) is 20.4. The zero-order valence-electron chi connectivity index (χ0n) is 15.4. The minimum Gasteiger partial charge on any atom is -0.507 e. The van der Waals surface area contributed by atoms with E-state index in [0.29, 0.717) is 18.4 Å². The van der Waals surface area contributed by atoms with Gasteiger partial charge in [-0.15, -0.1) is 10.2 Å². The second-order valence-electron chi connectivity index (χ2n) is 7.00. The lowest BCUT2D eigenvalue weighted by Gasteiger charge is -2.25. The van der Waals surface area contributed by atoms with Crippen LogP contribution < -0.4 is 10.3 Å². The number of nitrogens with one attached hydrogen (secondary N) is 1. The minimum atomic E-state index is -1.03. The molecular weight excluding hydrogens is 380 g/mol. The van der Waals surface area contributed by atoms with Crippen LogP contribution in [0.3, 0.4) is 0 Å². The number of hydrogen-bond acceptors (Lipinski definition) is 5. The van der Waals surface area contributed by atoms with Crippen molar-refractivity contribution >= 4 is 0 Å². The third-order valence-electron chi connectivity index (χ3n) is 4.98. The van der Waals surface area contributed by atoms with Gasteiger partial charge < -0.3 is 14.8 Å². The Morgan fingerprint density at radius 1 is 1.07 bits per heavy atom. The highest BCUT2D eigenvalue weighted by Crippen LogP contribution is 2.34. The van der Waals surface area contributed by atoms with Crippen molar-refractivity contribution in [2.45, 2.75) is 38.0 Å². The van der Waals surface area contributed by atoms with Crippen LogP contribution in [0.15, 0.2) is 47.4 Å². The number of aromatic hydroxyl groups is 1. The highest BCUT2D eigenvalue weighted by atomic mass is 19.1. The lowest BCUT2D eigenvalue weighted by atomic mass is 9.96. The van der Waals surface area contributed by atoms with Crippen molar-refractivity contribution in [2.75, 3.05) is 0 Å². The van der Waals surface area contributed by atoms with E-state index >= 15 is 0 Å². The molecule has 1 aliphatic rings. The van der Waals surface area contributed by atoms with Crippen molar-refractivity contribution in [3.8, 4) is 34.0 Å². The molecule has 2 N–H and O–H groups in total. The van der Waals surface area contributed by atoms with E-state index in [1.165, 1.54) is 36.5 Å². The number of hydrogen-bond donors (Lipinski definition) is 2. The molecule has 1 fully saturated rings. The van der Waals surface area contributed by atoms with Gasteiger partial charge in [0.15, 0.2) is 0 Å². The number of ether oxygens (including phenoxy) is 1. The van der Waals surface area contributed by atoms with E-state index in [9.17, 15) is 18.7 Å². The number of aromatic nitrogens is 3. The predicted octanol–water partition coefficient (Wildman–Crippen LogP) is 4.00. The number of alkyl halides is 1. The Morgan fingerprint density at radius 3 is 2.62 bits per heavy atom. The number of benzene rings is 1. The summed E-state index contributed by atoms with van der Waals surface area (Å²) in [6.07, 6.45) is 2.70. The summed E-state index contributed by atoms with van der Waals surface area (Å²) < 4.78 is 34.1. The van der Waals surface area contributed by atoms with Crippen molar-refractivity contribution in [1.29, 1.82) is 0 Å². The lowest BCUT2D eigenvalue weighted by molar-refractivity contribution is 0.0594. The normalized spacial score (nSPS) is 19.1. The Balaban J connectivity index is 1.58. The van der Waals surface area contributed by atoms with Crippen LogP contribution in [0.5, 0.6) is 11.6 Å². The molecule has 8 heteroatoms. The van der Waals surface area contributed by atoms with E-state index in [2.05, 4.69) is 15.2 Å². The molecule has 0 spiro atoms. The number of halogens is 2. The summed E-state index contributed by atoms with van der Waals surface area (Å²) in [5, 5.41) is 18.3. The van der Waals surface area contributed by atoms with Crippen LogP contribution >= 0.6 is 0 Å². The first-order valence-corrected chi connectivity index (χ1v) is 9.38. The molecule has 1 aromatic carbocycles. The number of rotatable bonds is 4. The summed E-state index contributed by atoms with van der Waals surface area (Å²) in [7, 11) is 0. The molecule has 1 aliphatic carbocycles. The van der Waals surface area contributed by atoms with Gasteiger partial charge in [-0.1, -0.05) is 6.42 Å². The summed E-state index contributed by atoms with van der Waals surface area (Å²) >= 11 is 0. The van der Waals surface area contributed by atoms with Gasteiger partial charge in [0.2, 0.25) is 11.4 Å². The summed E-state index contributed by atoms with van der Waals surface area (Å²) in [6, 6.07) is 8.20. The molecule has 0 saturated heterocycles. The maximum Gasteiger partial charge on any atom is 0.248 e. The van der Waals surface area contributed by atoms with Crippen molar-refractivity contribution < 1.29 is 18.6 Å². The van der Waals surface area contributed by atoms with Crippen molar-refractivity contribution in [3.63, 3.8) is 0 Å². The Kier molecular flexibility index (Phi) is 5.24. The first kappa shape index (κ1) is 19.0. The first-order valence-electron chi connectivity index (χ1n) is 9.38. The fourth-order valence-electron chi connectivity index (χ4n) is 3.47. The smallest absolute Gasteiger partial charge is 0.248 e. The second kappa shape index (κ2) is 7.98. The highest BCUT2D eigenvalue weighted by Gasteiger charge is 2.27. The molecule has 2 aromatic heterocycles. The van der Waals surface area contributed by atoms with Crippen LogP contribution in [0.4, 0.5) is 8.78 Å². The summed E-state index contributed by atoms with van der Waals surface area (Å²) in [6.45, 7) is 0. The number of H-pyrrole nitrogens is 1. The molecule has 4 rings (SSSR count). The molecule has 0 amide bonds. The number of phenols is 1. The minimum absolute atomic E-state index is 0.0940. The van der Waals surface area contributed by atoms with Crippen LogP contribution in [0.1, 0.15) is 25.7 Å². The molecule has 0 bridgehead atoms. The molecule has 2 atom stereocenters. The number of pyridine rings is 1. The fourth-order valence-corrected chi connectivity index (χ4v) is 3.47. The van der Waals surface area contributed by atoms with Gasteiger partial charge >= 0.3 is 0 Å². The van der Waals surface area contributed by atoms with E-state index in [0.717, 1.165) is 18.9 Å². The Hall–Kier alpha value is -3.29. The quantitative estimate of drug-likeness (QED) is 0.692. The summed E-state index contributed by atoms with van der Waals surface area (Å²) in [5.41, 5.74) is 0.455. The van der Waals surface area contributed by atoms with Gasteiger partial charge in [0.25, 0.3) is 0 Å². The molecule has 1 saturated carbocycles. The largest absolute Gasteiger partial charge is 0.507 e. The van der Waals surface area contributed by atoms with Crippen LogP contribution in [-0.2, 0) is 0 Å². The monoisotopic (exact) mass is 399 g/mol. The van der Waals surface area contributed by atoms with Gasteiger partial charge in [-0.05, 0) is 49.1 Å². The van der Waals surface area contributed by atoms with E-state index in [1.54, 1.807) is 0 Å². The lowest BCUT2D eigenvalue weighted by Crippen LogP contribution is -2.32. The maximum atomic E-state index is 14.6. The van der Waals surface area contributed by atoms with Crippen molar-refractivity contribution in [1.82, 2.24) is 15.2 Å². The molecule has 3 aromatic rings. The summed E-state index contributed by atoms with van der Waals surface area (Å²) in [5.74, 6) is -0.642. The Labute approximate surface area is 165 Å². The van der Waals surface area contributed by atoms with Crippen LogP contribution in [0.25, 0.3) is 22.4 Å². The van der Waals surface area contributed by atoms with E-state index in [1.807, 2.05) is 0 Å². The molecule has 0 aliphatic heterocycles. The standard InChI is InChI=1S/C21H19F2N3O3/c22-15-3-1-2-4-19(15)29-21-6-5-17(25-26-21)14-10-16(23)13(11-18(14)27)12-7-8-24-20(28)9-12/h5-11,15,19,27H,1-4H2,(H,24,28)/t15-,19+/m1/s1. The van der Waals surface area contributed by atoms with Gasteiger partial charge in [-0.25, -0.2) is 8.78 Å². The van der Waals surface area contributed by atoms with Gasteiger partial charge in [-0.2, -0.15) is 0 Å². The molecule has 2 heterocycles. The third kappa shape index (κ3) is 4.11.